The van der Waals surface area contributed by atoms with Crippen LogP contribution in [0.3, 0.4) is 0 Å². The van der Waals surface area contributed by atoms with Crippen LogP contribution >= 0.6 is 23.4 Å². The van der Waals surface area contributed by atoms with Gasteiger partial charge in [-0.15, -0.1) is 0 Å². The molecule has 0 saturated carbocycles. The number of likely N-dealkylation sites (N-methyl/N-ethyl adjacent to an activating group) is 1. The second kappa shape index (κ2) is 11.1. The van der Waals surface area contributed by atoms with Gasteiger partial charge in [0.1, 0.15) is 5.52 Å². The monoisotopic (exact) mass is 548 g/mol. The lowest BCUT2D eigenvalue weighted by atomic mass is 9.99. The van der Waals surface area contributed by atoms with Gasteiger partial charge in [0.25, 0.3) is 5.22 Å². The number of aromatic nitrogens is 1. The standard InChI is InChI=1S/C29H25ClN2O3S2/c1-32(27(23-10-6-3-7-11-23)18-21-8-4-2-5-9-21)37(33,34)25-15-12-22(13-16-25)20-36-29-31-26-19-24(30)14-17-28(26)35-29/h2-17,19,27H,18,20H2,1H3. The number of halogens is 1. The number of benzene rings is 4. The minimum Gasteiger partial charge on any atom is -0.431 e. The third-order valence-electron chi connectivity index (χ3n) is 6.19. The largest absolute Gasteiger partial charge is 0.431 e. The summed E-state index contributed by atoms with van der Waals surface area (Å²) in [5.41, 5.74) is 4.39. The molecule has 0 N–H and O–H groups in total. The maximum atomic E-state index is 13.6. The Morgan fingerprint density at radius 1 is 0.892 bits per heavy atom. The summed E-state index contributed by atoms with van der Waals surface area (Å²) in [7, 11) is -2.08. The van der Waals surface area contributed by atoms with Crippen LogP contribution in [0.2, 0.25) is 5.02 Å². The fourth-order valence-electron chi connectivity index (χ4n) is 4.15. The van der Waals surface area contributed by atoms with E-state index in [-0.39, 0.29) is 10.9 Å². The lowest BCUT2D eigenvalue weighted by Gasteiger charge is -2.28. The minimum absolute atomic E-state index is 0.259. The molecule has 0 radical (unpaired) electrons. The third-order valence-corrected chi connectivity index (χ3v) is 9.20. The molecule has 1 aromatic heterocycles. The predicted molar refractivity (Wildman–Crippen MR) is 149 cm³/mol. The molecule has 0 aliphatic heterocycles. The van der Waals surface area contributed by atoms with Crippen molar-refractivity contribution in [2.45, 2.75) is 28.3 Å². The first-order valence-corrected chi connectivity index (χ1v) is 14.6. The molecule has 0 aliphatic carbocycles. The van der Waals surface area contributed by atoms with E-state index >= 15 is 0 Å². The van der Waals surface area contributed by atoms with Gasteiger partial charge in [-0.05, 0) is 53.4 Å². The number of thioether (sulfide) groups is 1. The number of oxazole rings is 1. The SMILES string of the molecule is CN(C(Cc1ccccc1)c1ccccc1)S(=O)(=O)c1ccc(CSc2nc3cc(Cl)ccc3o2)cc1. The van der Waals surface area contributed by atoms with Crippen molar-refractivity contribution in [1.82, 2.24) is 9.29 Å². The molecular weight excluding hydrogens is 524 g/mol. The molecule has 1 atom stereocenters. The van der Waals surface area contributed by atoms with Gasteiger partial charge in [-0.1, -0.05) is 96.2 Å². The Morgan fingerprint density at radius 3 is 2.27 bits per heavy atom. The second-order valence-corrected chi connectivity index (χ2v) is 12.0. The van der Waals surface area contributed by atoms with E-state index in [2.05, 4.69) is 4.98 Å². The summed E-state index contributed by atoms with van der Waals surface area (Å²) >= 11 is 7.48. The highest BCUT2D eigenvalue weighted by molar-refractivity contribution is 7.98. The van der Waals surface area contributed by atoms with Gasteiger partial charge in [-0.3, -0.25) is 0 Å². The Bertz CT molecular complexity index is 1590. The summed E-state index contributed by atoms with van der Waals surface area (Å²) in [5.74, 6) is 0.595. The maximum absolute atomic E-state index is 13.6. The zero-order chi connectivity index (χ0) is 25.8. The first-order valence-electron chi connectivity index (χ1n) is 11.7. The number of sulfonamides is 1. The first-order chi connectivity index (χ1) is 17.9. The van der Waals surface area contributed by atoms with Gasteiger partial charge in [0.15, 0.2) is 5.58 Å². The van der Waals surface area contributed by atoms with Crippen LogP contribution in [0.4, 0.5) is 0 Å². The molecule has 5 rings (SSSR count). The van der Waals surface area contributed by atoms with Crippen LogP contribution in [0.1, 0.15) is 22.7 Å². The molecule has 0 aliphatic rings. The molecular formula is C29H25ClN2O3S2. The van der Waals surface area contributed by atoms with E-state index in [0.29, 0.717) is 33.5 Å². The van der Waals surface area contributed by atoms with Gasteiger partial charge in [-0.25, -0.2) is 13.4 Å². The van der Waals surface area contributed by atoms with Gasteiger partial charge >= 0.3 is 0 Å². The highest BCUT2D eigenvalue weighted by Crippen LogP contribution is 2.31. The van der Waals surface area contributed by atoms with Gasteiger partial charge in [0.2, 0.25) is 10.0 Å². The minimum atomic E-state index is -3.73. The molecule has 0 amide bonds. The molecule has 1 heterocycles. The smallest absolute Gasteiger partial charge is 0.257 e. The third kappa shape index (κ3) is 5.91. The second-order valence-electron chi connectivity index (χ2n) is 8.66. The molecule has 1 unspecified atom stereocenters. The van der Waals surface area contributed by atoms with Gasteiger partial charge in [-0.2, -0.15) is 4.31 Å². The highest BCUT2D eigenvalue weighted by atomic mass is 35.5. The Kier molecular flexibility index (Phi) is 7.67. The van der Waals surface area contributed by atoms with Gasteiger partial charge in [0.05, 0.1) is 10.9 Å². The van der Waals surface area contributed by atoms with Crippen molar-refractivity contribution in [3.05, 3.63) is 125 Å². The average Bonchev–Trinajstić information content (AvgIpc) is 3.33. The van der Waals surface area contributed by atoms with Crippen LogP contribution in [0.25, 0.3) is 11.1 Å². The molecule has 37 heavy (non-hydrogen) atoms. The molecule has 0 spiro atoms. The molecule has 0 bridgehead atoms. The lowest BCUT2D eigenvalue weighted by molar-refractivity contribution is 0.373. The number of hydrogen-bond acceptors (Lipinski definition) is 5. The zero-order valence-electron chi connectivity index (χ0n) is 20.1. The summed E-state index contributed by atoms with van der Waals surface area (Å²) in [6, 6.07) is 31.7. The van der Waals surface area contributed by atoms with Crippen LogP contribution in [-0.4, -0.2) is 24.8 Å². The Morgan fingerprint density at radius 2 is 1.57 bits per heavy atom. The maximum Gasteiger partial charge on any atom is 0.257 e. The van der Waals surface area contributed by atoms with Crippen LogP contribution < -0.4 is 0 Å². The summed E-state index contributed by atoms with van der Waals surface area (Å²) in [4.78, 5) is 4.72. The first kappa shape index (κ1) is 25.5. The van der Waals surface area contributed by atoms with E-state index in [4.69, 9.17) is 16.0 Å². The highest BCUT2D eigenvalue weighted by Gasteiger charge is 2.29. The molecule has 188 valence electrons. The Balaban J connectivity index is 1.33. The molecule has 4 aromatic carbocycles. The number of rotatable bonds is 9. The lowest BCUT2D eigenvalue weighted by Crippen LogP contribution is -2.32. The van der Waals surface area contributed by atoms with Crippen LogP contribution in [0.5, 0.6) is 0 Å². The number of hydrogen-bond donors (Lipinski definition) is 0. The molecule has 0 fully saturated rings. The Hall–Kier alpha value is -3.10. The summed E-state index contributed by atoms with van der Waals surface area (Å²) in [6.07, 6.45) is 0.574. The molecule has 0 saturated heterocycles. The van der Waals surface area contributed by atoms with Crippen molar-refractivity contribution in [2.24, 2.45) is 0 Å². The Labute approximate surface area is 226 Å². The van der Waals surface area contributed by atoms with E-state index in [1.54, 1.807) is 37.4 Å². The van der Waals surface area contributed by atoms with Crippen LogP contribution in [0.15, 0.2) is 118 Å². The molecule has 8 heteroatoms. The summed E-state index contributed by atoms with van der Waals surface area (Å²) in [5, 5.41) is 1.15. The van der Waals surface area contributed by atoms with E-state index in [9.17, 15) is 8.42 Å². The van der Waals surface area contributed by atoms with Crippen molar-refractivity contribution in [1.29, 1.82) is 0 Å². The van der Waals surface area contributed by atoms with Crippen molar-refractivity contribution >= 4 is 44.5 Å². The zero-order valence-corrected chi connectivity index (χ0v) is 22.5. The van der Waals surface area contributed by atoms with Crippen molar-refractivity contribution < 1.29 is 12.8 Å². The number of nitrogens with zero attached hydrogens (tertiary/aromatic N) is 2. The van der Waals surface area contributed by atoms with Crippen LogP contribution in [-0.2, 0) is 22.2 Å². The van der Waals surface area contributed by atoms with E-state index in [1.807, 2.05) is 72.8 Å². The van der Waals surface area contributed by atoms with Crippen molar-refractivity contribution in [3.63, 3.8) is 0 Å². The average molecular weight is 549 g/mol. The molecule has 5 nitrogen and oxygen atoms in total. The van der Waals surface area contributed by atoms with E-state index in [1.165, 1.54) is 16.1 Å². The normalized spacial score (nSPS) is 12.7. The predicted octanol–water partition coefficient (Wildman–Crippen LogP) is 7.38. The van der Waals surface area contributed by atoms with Crippen molar-refractivity contribution in [3.8, 4) is 0 Å². The van der Waals surface area contributed by atoms with Gasteiger partial charge < -0.3 is 4.42 Å². The van der Waals surface area contributed by atoms with E-state index in [0.717, 1.165) is 16.7 Å². The fraction of sp³-hybridized carbons (Fsp3) is 0.138. The molecule has 5 aromatic rings. The van der Waals surface area contributed by atoms with Gasteiger partial charge in [0, 0.05) is 17.8 Å². The topological polar surface area (TPSA) is 63.4 Å². The van der Waals surface area contributed by atoms with Crippen molar-refractivity contribution in [2.75, 3.05) is 7.05 Å². The van der Waals surface area contributed by atoms with E-state index < -0.39 is 10.0 Å². The fourth-order valence-corrected chi connectivity index (χ4v) is 6.45. The summed E-state index contributed by atoms with van der Waals surface area (Å²) < 4.78 is 34.5. The summed E-state index contributed by atoms with van der Waals surface area (Å²) in [6.45, 7) is 0. The number of fused-ring (bicyclic) bond motifs is 1. The quantitative estimate of drug-likeness (QED) is 0.180. The van der Waals surface area contributed by atoms with Crippen LogP contribution in [0, 0.1) is 0 Å².